The summed E-state index contributed by atoms with van der Waals surface area (Å²) in [7, 11) is 0. The molecule has 0 bridgehead atoms. The maximum absolute atomic E-state index is 10.1. The Kier molecular flexibility index (Phi) is 5.03. The third kappa shape index (κ3) is 3.71. The first-order valence-corrected chi connectivity index (χ1v) is 9.86. The summed E-state index contributed by atoms with van der Waals surface area (Å²) in [4.78, 5) is 18.1. The molecule has 0 amide bonds. The smallest absolute Gasteiger partial charge is 0.165 e. The van der Waals surface area contributed by atoms with E-state index >= 15 is 0 Å². The number of aliphatic hydroxyl groups excluding tert-OH is 1. The van der Waals surface area contributed by atoms with Crippen LogP contribution < -0.4 is 4.90 Å². The van der Waals surface area contributed by atoms with Crippen LogP contribution in [0.3, 0.4) is 0 Å². The summed E-state index contributed by atoms with van der Waals surface area (Å²) in [6.07, 6.45) is 3.37. The average Bonchev–Trinajstić information content (AvgIpc) is 3.02. The fraction of sp³-hybridized carbons (Fsp3) is 0.737. The number of rotatable bonds is 6. The third-order valence-electron chi connectivity index (χ3n) is 5.69. The number of nitrogens with zero attached hydrogens (tertiary/aromatic N) is 6. The van der Waals surface area contributed by atoms with Gasteiger partial charge in [-0.3, -0.25) is 4.90 Å². The van der Waals surface area contributed by atoms with Crippen molar-refractivity contribution in [2.45, 2.75) is 39.0 Å². The fourth-order valence-corrected chi connectivity index (χ4v) is 4.12. The molecule has 0 radical (unpaired) electrons. The lowest BCUT2D eigenvalue weighted by atomic mass is 9.87. The Balaban J connectivity index is 1.54. The second-order valence-corrected chi connectivity index (χ2v) is 8.97. The number of hydrogen-bond acceptors (Lipinski definition) is 8. The lowest BCUT2D eigenvalue weighted by Crippen LogP contribution is -2.55. The molecule has 2 saturated heterocycles. The summed E-state index contributed by atoms with van der Waals surface area (Å²) in [6, 6.07) is 0.303. The molecule has 0 aromatic carbocycles. The van der Waals surface area contributed by atoms with Crippen LogP contribution in [-0.4, -0.2) is 92.3 Å². The molecule has 1 unspecified atom stereocenters. The van der Waals surface area contributed by atoms with E-state index in [9.17, 15) is 10.2 Å². The summed E-state index contributed by atoms with van der Waals surface area (Å²) in [6.45, 7) is 10.9. The molecule has 154 valence electrons. The van der Waals surface area contributed by atoms with Crippen molar-refractivity contribution < 1.29 is 14.9 Å². The minimum Gasteiger partial charge on any atom is -0.396 e. The zero-order valence-corrected chi connectivity index (χ0v) is 16.9. The van der Waals surface area contributed by atoms with Gasteiger partial charge in [0, 0.05) is 38.8 Å². The molecule has 28 heavy (non-hydrogen) atoms. The SMILES string of the molecule is CC1CN(c2ncnc3c2ncn3CC2(CO)COC2)CCN1CC(C)(C)O. The van der Waals surface area contributed by atoms with Crippen LogP contribution in [-0.2, 0) is 11.3 Å². The predicted octanol–water partition coefficient (Wildman–Crippen LogP) is 0.117. The summed E-state index contributed by atoms with van der Waals surface area (Å²) in [5.41, 5.74) is 0.636. The molecule has 4 heterocycles. The number of hydrogen-bond donors (Lipinski definition) is 2. The molecular formula is C19H30N6O3. The zero-order chi connectivity index (χ0) is 19.9. The predicted molar refractivity (Wildman–Crippen MR) is 105 cm³/mol. The van der Waals surface area contributed by atoms with Crippen molar-refractivity contribution in [3.63, 3.8) is 0 Å². The highest BCUT2D eigenvalue weighted by Gasteiger charge is 2.39. The van der Waals surface area contributed by atoms with Crippen LogP contribution in [0, 0.1) is 5.41 Å². The Morgan fingerprint density at radius 2 is 2.04 bits per heavy atom. The molecule has 0 saturated carbocycles. The van der Waals surface area contributed by atoms with Crippen molar-refractivity contribution in [2.75, 3.05) is 50.9 Å². The summed E-state index contributed by atoms with van der Waals surface area (Å²) in [5.74, 6) is 0.849. The van der Waals surface area contributed by atoms with Gasteiger partial charge < -0.3 is 24.4 Å². The maximum Gasteiger partial charge on any atom is 0.165 e. The van der Waals surface area contributed by atoms with E-state index in [1.807, 2.05) is 18.4 Å². The second kappa shape index (κ2) is 7.22. The minimum atomic E-state index is -0.703. The van der Waals surface area contributed by atoms with Crippen molar-refractivity contribution in [3.05, 3.63) is 12.7 Å². The van der Waals surface area contributed by atoms with Gasteiger partial charge in [0.25, 0.3) is 0 Å². The molecule has 9 nitrogen and oxygen atoms in total. The van der Waals surface area contributed by atoms with Crippen molar-refractivity contribution in [2.24, 2.45) is 5.41 Å². The molecule has 9 heteroatoms. The van der Waals surface area contributed by atoms with Crippen molar-refractivity contribution in [3.8, 4) is 0 Å². The second-order valence-electron chi connectivity index (χ2n) is 8.97. The highest BCUT2D eigenvalue weighted by atomic mass is 16.5. The van der Waals surface area contributed by atoms with Crippen molar-refractivity contribution >= 4 is 17.0 Å². The van der Waals surface area contributed by atoms with Crippen LogP contribution >= 0.6 is 0 Å². The lowest BCUT2D eigenvalue weighted by Gasteiger charge is -2.42. The quantitative estimate of drug-likeness (QED) is 0.717. The first-order valence-electron chi connectivity index (χ1n) is 9.86. The lowest BCUT2D eigenvalue weighted by molar-refractivity contribution is -0.144. The molecule has 0 aliphatic carbocycles. The first kappa shape index (κ1) is 19.5. The number of piperazine rings is 1. The Labute approximate surface area is 165 Å². The van der Waals surface area contributed by atoms with Gasteiger partial charge in [0.1, 0.15) is 6.33 Å². The van der Waals surface area contributed by atoms with Gasteiger partial charge in [0.15, 0.2) is 17.0 Å². The normalized spacial score (nSPS) is 23.2. The highest BCUT2D eigenvalue weighted by Crippen LogP contribution is 2.31. The molecule has 2 fully saturated rings. The number of imidazole rings is 1. The molecule has 2 aromatic heterocycles. The molecule has 2 N–H and O–H groups in total. The van der Waals surface area contributed by atoms with Gasteiger partial charge in [-0.2, -0.15) is 0 Å². The third-order valence-corrected chi connectivity index (χ3v) is 5.69. The number of β-amino-alcohol motifs (C(OH)–C–C–N with tert-alkyl or cyclic N) is 1. The Morgan fingerprint density at radius 1 is 1.25 bits per heavy atom. The largest absolute Gasteiger partial charge is 0.396 e. The Morgan fingerprint density at radius 3 is 2.64 bits per heavy atom. The van der Waals surface area contributed by atoms with E-state index in [2.05, 4.69) is 31.7 Å². The summed E-state index contributed by atoms with van der Waals surface area (Å²) < 4.78 is 7.30. The van der Waals surface area contributed by atoms with Gasteiger partial charge in [0.05, 0.1) is 37.2 Å². The van der Waals surface area contributed by atoms with Gasteiger partial charge in [-0.05, 0) is 20.8 Å². The number of fused-ring (bicyclic) bond motifs is 1. The minimum absolute atomic E-state index is 0.0886. The first-order chi connectivity index (χ1) is 13.3. The Bertz CT molecular complexity index is 823. The van der Waals surface area contributed by atoms with Gasteiger partial charge >= 0.3 is 0 Å². The molecule has 2 aliphatic heterocycles. The van der Waals surface area contributed by atoms with Crippen LogP contribution in [0.15, 0.2) is 12.7 Å². The maximum atomic E-state index is 10.1. The monoisotopic (exact) mass is 390 g/mol. The van der Waals surface area contributed by atoms with Crippen LogP contribution in [0.25, 0.3) is 11.2 Å². The summed E-state index contributed by atoms with van der Waals surface area (Å²) in [5, 5.41) is 19.9. The molecule has 0 spiro atoms. The molecule has 2 aliphatic rings. The van der Waals surface area contributed by atoms with Crippen LogP contribution in [0.4, 0.5) is 5.82 Å². The molecule has 4 rings (SSSR count). The van der Waals surface area contributed by atoms with Crippen molar-refractivity contribution in [1.82, 2.24) is 24.4 Å². The van der Waals surface area contributed by atoms with Crippen LogP contribution in [0.2, 0.25) is 0 Å². The molecular weight excluding hydrogens is 360 g/mol. The van der Waals surface area contributed by atoms with E-state index in [1.165, 1.54) is 0 Å². The van der Waals surface area contributed by atoms with E-state index in [0.717, 1.165) is 36.6 Å². The van der Waals surface area contributed by atoms with Gasteiger partial charge in [-0.25, -0.2) is 15.0 Å². The van der Waals surface area contributed by atoms with E-state index in [-0.39, 0.29) is 12.0 Å². The van der Waals surface area contributed by atoms with Gasteiger partial charge in [0.2, 0.25) is 0 Å². The van der Waals surface area contributed by atoms with Crippen LogP contribution in [0.1, 0.15) is 20.8 Å². The zero-order valence-electron chi connectivity index (χ0n) is 16.9. The van der Waals surface area contributed by atoms with Crippen molar-refractivity contribution in [1.29, 1.82) is 0 Å². The number of anilines is 1. The molecule has 1 atom stereocenters. The van der Waals surface area contributed by atoms with Gasteiger partial charge in [-0.1, -0.05) is 0 Å². The fourth-order valence-electron chi connectivity index (χ4n) is 4.12. The van der Waals surface area contributed by atoms with E-state index < -0.39 is 5.60 Å². The standard InChI is InChI=1S/C19H30N6O3/c1-14-6-23(4-5-24(14)7-18(2,3)27)16-15-17(21-12-20-16)25(13-22-15)8-19(9-26)10-28-11-19/h12-14,26-27H,4-11H2,1-3H3. The Hall–Kier alpha value is -1.81. The number of aromatic nitrogens is 4. The number of ether oxygens (including phenoxy) is 1. The number of aliphatic hydroxyl groups is 2. The topological polar surface area (TPSA) is 99.8 Å². The highest BCUT2D eigenvalue weighted by molar-refractivity contribution is 5.83. The average molecular weight is 390 g/mol. The molecule has 2 aromatic rings. The van der Waals surface area contributed by atoms with E-state index in [1.54, 1.807) is 12.7 Å². The van der Waals surface area contributed by atoms with E-state index in [4.69, 9.17) is 4.74 Å². The van der Waals surface area contributed by atoms with Gasteiger partial charge in [-0.15, -0.1) is 0 Å². The van der Waals surface area contributed by atoms with E-state index in [0.29, 0.717) is 32.3 Å². The van der Waals surface area contributed by atoms with Crippen LogP contribution in [0.5, 0.6) is 0 Å². The summed E-state index contributed by atoms with van der Waals surface area (Å²) >= 11 is 0.